The minimum Gasteiger partial charge on any atom is -0.494 e. The van der Waals surface area contributed by atoms with Gasteiger partial charge in [-0.15, -0.1) is 0 Å². The summed E-state index contributed by atoms with van der Waals surface area (Å²) < 4.78 is 5.37. The number of rotatable bonds is 5. The van der Waals surface area contributed by atoms with Crippen LogP contribution >= 0.6 is 0 Å². The lowest BCUT2D eigenvalue weighted by atomic mass is 10.2. The van der Waals surface area contributed by atoms with Crippen molar-refractivity contribution in [2.24, 2.45) is 0 Å². The first-order valence-corrected chi connectivity index (χ1v) is 7.12. The Kier molecular flexibility index (Phi) is 3.81. The third-order valence-electron chi connectivity index (χ3n) is 3.34. The van der Waals surface area contributed by atoms with Crippen LogP contribution in [0.25, 0.3) is 0 Å². The van der Waals surface area contributed by atoms with Crippen LogP contribution in [0.4, 0.5) is 5.69 Å². The summed E-state index contributed by atoms with van der Waals surface area (Å²) in [4.78, 5) is 20.4. The number of anilines is 1. The average molecular weight is 283 g/mol. The zero-order chi connectivity index (χ0) is 14.7. The van der Waals surface area contributed by atoms with E-state index >= 15 is 0 Å². The number of benzene rings is 1. The highest BCUT2D eigenvalue weighted by Gasteiger charge is 2.25. The average Bonchev–Trinajstić information content (AvgIpc) is 3.34. The molecule has 21 heavy (non-hydrogen) atoms. The summed E-state index contributed by atoms with van der Waals surface area (Å²) >= 11 is 0. The molecule has 108 valence electrons. The van der Waals surface area contributed by atoms with Crippen LogP contribution in [0.1, 0.15) is 41.9 Å². The minimum absolute atomic E-state index is 0.219. The maximum atomic E-state index is 12.2. The lowest BCUT2D eigenvalue weighted by Crippen LogP contribution is -2.14. The van der Waals surface area contributed by atoms with Crippen LogP contribution in [0.2, 0.25) is 0 Å². The van der Waals surface area contributed by atoms with Crippen molar-refractivity contribution in [3.05, 3.63) is 48.0 Å². The molecule has 0 bridgehead atoms. The van der Waals surface area contributed by atoms with Crippen molar-refractivity contribution in [3.8, 4) is 5.75 Å². The number of carbonyl (C=O) groups is 1. The third-order valence-corrected chi connectivity index (χ3v) is 3.34. The van der Waals surface area contributed by atoms with Crippen molar-refractivity contribution < 1.29 is 9.53 Å². The molecule has 1 fully saturated rings. The summed E-state index contributed by atoms with van der Waals surface area (Å²) in [6.07, 6.45) is 3.76. The van der Waals surface area contributed by atoms with E-state index in [0.717, 1.165) is 30.0 Å². The molecule has 1 aliphatic carbocycles. The summed E-state index contributed by atoms with van der Waals surface area (Å²) in [5, 5.41) is 2.83. The fourth-order valence-electron chi connectivity index (χ4n) is 2.10. The highest BCUT2D eigenvalue weighted by molar-refractivity contribution is 6.02. The lowest BCUT2D eigenvalue weighted by molar-refractivity contribution is 0.102. The van der Waals surface area contributed by atoms with E-state index in [1.165, 1.54) is 6.33 Å². The van der Waals surface area contributed by atoms with Gasteiger partial charge in [0.05, 0.1) is 6.61 Å². The van der Waals surface area contributed by atoms with Crippen LogP contribution in [0.15, 0.2) is 36.7 Å². The van der Waals surface area contributed by atoms with Crippen LogP contribution < -0.4 is 10.1 Å². The molecule has 3 rings (SSSR count). The predicted octanol–water partition coefficient (Wildman–Crippen LogP) is 3.01. The van der Waals surface area contributed by atoms with E-state index in [-0.39, 0.29) is 5.91 Å². The first kappa shape index (κ1) is 13.5. The van der Waals surface area contributed by atoms with Gasteiger partial charge in [0, 0.05) is 17.3 Å². The summed E-state index contributed by atoms with van der Waals surface area (Å²) in [6.45, 7) is 2.55. The molecule has 1 saturated carbocycles. The van der Waals surface area contributed by atoms with E-state index in [9.17, 15) is 4.79 Å². The van der Waals surface area contributed by atoms with E-state index in [2.05, 4.69) is 15.3 Å². The van der Waals surface area contributed by atoms with Gasteiger partial charge in [0.15, 0.2) is 0 Å². The van der Waals surface area contributed by atoms with Crippen LogP contribution in [0.3, 0.4) is 0 Å². The number of carbonyl (C=O) groups excluding carboxylic acids is 1. The summed E-state index contributed by atoms with van der Waals surface area (Å²) in [5.41, 5.74) is 2.08. The third kappa shape index (κ3) is 3.37. The van der Waals surface area contributed by atoms with Crippen molar-refractivity contribution in [1.29, 1.82) is 0 Å². The minimum atomic E-state index is -0.219. The van der Waals surface area contributed by atoms with Gasteiger partial charge in [0.25, 0.3) is 5.91 Å². The normalized spacial score (nSPS) is 13.8. The molecule has 0 unspecified atom stereocenters. The number of nitrogens with one attached hydrogen (secondary N) is 1. The quantitative estimate of drug-likeness (QED) is 0.916. The van der Waals surface area contributed by atoms with Crippen molar-refractivity contribution in [1.82, 2.24) is 9.97 Å². The van der Waals surface area contributed by atoms with Gasteiger partial charge >= 0.3 is 0 Å². The Bertz CT molecular complexity index is 636. The van der Waals surface area contributed by atoms with E-state index in [4.69, 9.17) is 4.74 Å². The number of aromatic nitrogens is 2. The zero-order valence-corrected chi connectivity index (χ0v) is 11.9. The molecular weight excluding hydrogens is 266 g/mol. The molecule has 0 saturated heterocycles. The summed E-state index contributed by atoms with van der Waals surface area (Å²) in [6, 6.07) is 9.06. The van der Waals surface area contributed by atoms with Crippen molar-refractivity contribution >= 4 is 11.6 Å². The van der Waals surface area contributed by atoms with Gasteiger partial charge in [-0.05, 0) is 50.1 Å². The second-order valence-electron chi connectivity index (χ2n) is 5.01. The van der Waals surface area contributed by atoms with Gasteiger partial charge in [0.1, 0.15) is 17.8 Å². The number of hydrogen-bond donors (Lipinski definition) is 1. The molecule has 0 aliphatic heterocycles. The van der Waals surface area contributed by atoms with Crippen molar-refractivity contribution in [2.75, 3.05) is 11.9 Å². The SMILES string of the molecule is CCOc1ccc(NC(=O)c2cc(C3CC3)ncn2)cc1. The molecule has 5 nitrogen and oxygen atoms in total. The van der Waals surface area contributed by atoms with Crippen LogP contribution in [-0.2, 0) is 0 Å². The molecule has 0 atom stereocenters. The van der Waals surface area contributed by atoms with Gasteiger partial charge in [0.2, 0.25) is 0 Å². The second-order valence-corrected chi connectivity index (χ2v) is 5.01. The van der Waals surface area contributed by atoms with Gasteiger partial charge in [-0.3, -0.25) is 4.79 Å². The molecule has 1 aliphatic rings. The maximum Gasteiger partial charge on any atom is 0.274 e. The monoisotopic (exact) mass is 283 g/mol. The molecule has 1 heterocycles. The summed E-state index contributed by atoms with van der Waals surface area (Å²) in [5.74, 6) is 1.07. The van der Waals surface area contributed by atoms with Crippen molar-refractivity contribution in [2.45, 2.75) is 25.7 Å². The first-order valence-electron chi connectivity index (χ1n) is 7.12. The number of ether oxygens (including phenoxy) is 1. The van der Waals surface area contributed by atoms with E-state index in [1.807, 2.05) is 31.2 Å². The maximum absolute atomic E-state index is 12.2. The summed E-state index contributed by atoms with van der Waals surface area (Å²) in [7, 11) is 0. The second kappa shape index (κ2) is 5.91. The molecule has 1 aromatic heterocycles. The van der Waals surface area contributed by atoms with E-state index in [0.29, 0.717) is 18.2 Å². The molecule has 1 amide bonds. The van der Waals surface area contributed by atoms with Gasteiger partial charge in [-0.2, -0.15) is 0 Å². The standard InChI is InChI=1S/C16H17N3O2/c1-2-21-13-7-5-12(6-8-13)19-16(20)15-9-14(11-3-4-11)17-10-18-15/h5-11H,2-4H2,1H3,(H,19,20). The molecule has 0 radical (unpaired) electrons. The van der Waals surface area contributed by atoms with Crippen LogP contribution in [0.5, 0.6) is 5.75 Å². The largest absolute Gasteiger partial charge is 0.494 e. The Morgan fingerprint density at radius 1 is 1.29 bits per heavy atom. The van der Waals surface area contributed by atoms with Gasteiger partial charge in [-0.25, -0.2) is 9.97 Å². The molecule has 1 N–H and O–H groups in total. The Hall–Kier alpha value is -2.43. The topological polar surface area (TPSA) is 64.1 Å². The number of hydrogen-bond acceptors (Lipinski definition) is 4. The Morgan fingerprint density at radius 3 is 2.71 bits per heavy atom. The molecule has 1 aromatic carbocycles. The van der Waals surface area contributed by atoms with Crippen LogP contribution in [-0.4, -0.2) is 22.5 Å². The zero-order valence-electron chi connectivity index (χ0n) is 11.9. The van der Waals surface area contributed by atoms with Crippen molar-refractivity contribution in [3.63, 3.8) is 0 Å². The molecular formula is C16H17N3O2. The molecule has 0 spiro atoms. The molecule has 2 aromatic rings. The fraction of sp³-hybridized carbons (Fsp3) is 0.312. The predicted molar refractivity (Wildman–Crippen MR) is 79.6 cm³/mol. The Balaban J connectivity index is 1.69. The van der Waals surface area contributed by atoms with Gasteiger partial charge < -0.3 is 10.1 Å². The first-order chi connectivity index (χ1) is 10.3. The lowest BCUT2D eigenvalue weighted by Gasteiger charge is -2.07. The highest BCUT2D eigenvalue weighted by Crippen LogP contribution is 2.38. The fourth-order valence-corrected chi connectivity index (χ4v) is 2.10. The highest BCUT2D eigenvalue weighted by atomic mass is 16.5. The Morgan fingerprint density at radius 2 is 2.05 bits per heavy atom. The van der Waals surface area contributed by atoms with Gasteiger partial charge in [-0.1, -0.05) is 0 Å². The van der Waals surface area contributed by atoms with E-state index < -0.39 is 0 Å². The smallest absolute Gasteiger partial charge is 0.274 e. The van der Waals surface area contributed by atoms with Crippen LogP contribution in [0, 0.1) is 0 Å². The Labute approximate surface area is 123 Å². The van der Waals surface area contributed by atoms with E-state index in [1.54, 1.807) is 6.07 Å². The number of nitrogens with zero attached hydrogens (tertiary/aromatic N) is 2. The molecule has 5 heteroatoms. The number of amides is 1.